The molecule has 1 atom stereocenters. The lowest BCUT2D eigenvalue weighted by Crippen LogP contribution is -2.43. The first-order chi connectivity index (χ1) is 11.4. The molecule has 3 rings (SSSR count). The lowest BCUT2D eigenvalue weighted by Gasteiger charge is -2.24. The van der Waals surface area contributed by atoms with Crippen molar-refractivity contribution in [2.24, 2.45) is 4.99 Å². The van der Waals surface area contributed by atoms with Crippen molar-refractivity contribution in [3.63, 3.8) is 0 Å². The van der Waals surface area contributed by atoms with Crippen LogP contribution in [-0.2, 0) is 4.79 Å². The predicted octanol–water partition coefficient (Wildman–Crippen LogP) is 2.75. The fourth-order valence-corrected chi connectivity index (χ4v) is 2.58. The van der Waals surface area contributed by atoms with Crippen molar-refractivity contribution < 1.29 is 23.1 Å². The zero-order chi connectivity index (χ0) is 17.3. The molecule has 7 heteroatoms. The number of carbonyl (C=O) groups is 1. The normalized spacial score (nSPS) is 18.0. The maximum absolute atomic E-state index is 12.9. The van der Waals surface area contributed by atoms with Crippen LogP contribution >= 0.6 is 0 Å². The number of alkyl halides is 3. The van der Waals surface area contributed by atoms with Crippen molar-refractivity contribution >= 4 is 17.3 Å². The molecule has 2 aromatic rings. The van der Waals surface area contributed by atoms with Crippen LogP contribution in [0.2, 0.25) is 0 Å². The fraction of sp³-hybridized carbons (Fsp3) is 0.176. The second kappa shape index (κ2) is 6.09. The molecule has 1 amide bonds. The molecule has 24 heavy (non-hydrogen) atoms. The standard InChI is InChI=1S/C17H13F3N2O2/c18-17(19,20)10-22-13-9-5-4-8-12(13)14(21-15(23)16(22)24)11-6-2-1-3-7-11/h1-9,15,23H,10H2. The van der Waals surface area contributed by atoms with E-state index in [2.05, 4.69) is 4.99 Å². The van der Waals surface area contributed by atoms with Crippen LogP contribution in [0.15, 0.2) is 59.6 Å². The van der Waals surface area contributed by atoms with Gasteiger partial charge >= 0.3 is 6.18 Å². The molecule has 0 fully saturated rings. The van der Waals surface area contributed by atoms with E-state index in [0.717, 1.165) is 0 Å². The highest BCUT2D eigenvalue weighted by atomic mass is 19.4. The van der Waals surface area contributed by atoms with E-state index in [4.69, 9.17) is 0 Å². The zero-order valence-electron chi connectivity index (χ0n) is 12.4. The van der Waals surface area contributed by atoms with Crippen LogP contribution in [-0.4, -0.2) is 35.7 Å². The number of para-hydroxylation sites is 1. The molecule has 1 N–H and O–H groups in total. The van der Waals surface area contributed by atoms with Crippen molar-refractivity contribution in [1.29, 1.82) is 0 Å². The number of hydrogen-bond donors (Lipinski definition) is 1. The van der Waals surface area contributed by atoms with Gasteiger partial charge in [0.1, 0.15) is 6.54 Å². The number of nitrogens with zero attached hydrogens (tertiary/aromatic N) is 2. The summed E-state index contributed by atoms with van der Waals surface area (Å²) in [7, 11) is 0. The van der Waals surface area contributed by atoms with E-state index in [1.54, 1.807) is 42.5 Å². The molecule has 1 unspecified atom stereocenters. The number of aliphatic hydroxyl groups is 1. The van der Waals surface area contributed by atoms with Crippen LogP contribution in [0.1, 0.15) is 11.1 Å². The van der Waals surface area contributed by atoms with Crippen molar-refractivity contribution in [2.75, 3.05) is 11.4 Å². The number of benzodiazepines with no additional fused rings is 1. The van der Waals surface area contributed by atoms with Crippen LogP contribution in [0.4, 0.5) is 18.9 Å². The number of aliphatic imine (C=N–C) groups is 1. The third kappa shape index (κ3) is 3.16. The molecule has 2 aromatic carbocycles. The Morgan fingerprint density at radius 2 is 1.67 bits per heavy atom. The van der Waals surface area contributed by atoms with Crippen molar-refractivity contribution in [1.82, 2.24) is 0 Å². The summed E-state index contributed by atoms with van der Waals surface area (Å²) in [5, 5.41) is 9.98. The molecule has 1 aliphatic rings. The SMILES string of the molecule is O=C1C(O)N=C(c2ccccc2)c2ccccc2N1CC(F)(F)F. The largest absolute Gasteiger partial charge is 0.406 e. The molecule has 0 saturated heterocycles. The summed E-state index contributed by atoms with van der Waals surface area (Å²) >= 11 is 0. The first-order valence-electron chi connectivity index (χ1n) is 7.15. The summed E-state index contributed by atoms with van der Waals surface area (Å²) in [4.78, 5) is 16.7. The van der Waals surface area contributed by atoms with Gasteiger partial charge < -0.3 is 5.11 Å². The second-order valence-corrected chi connectivity index (χ2v) is 5.27. The highest BCUT2D eigenvalue weighted by Crippen LogP contribution is 2.30. The Morgan fingerprint density at radius 3 is 2.33 bits per heavy atom. The summed E-state index contributed by atoms with van der Waals surface area (Å²) in [6.07, 6.45) is -6.49. The quantitative estimate of drug-likeness (QED) is 0.918. The third-order valence-electron chi connectivity index (χ3n) is 3.57. The molecule has 1 heterocycles. The third-order valence-corrected chi connectivity index (χ3v) is 3.57. The first kappa shape index (κ1) is 16.2. The van der Waals surface area contributed by atoms with Crippen molar-refractivity contribution in [3.8, 4) is 0 Å². The number of hydrogen-bond acceptors (Lipinski definition) is 3. The second-order valence-electron chi connectivity index (χ2n) is 5.27. The lowest BCUT2D eigenvalue weighted by molar-refractivity contribution is -0.137. The van der Waals surface area contributed by atoms with Crippen molar-refractivity contribution in [2.45, 2.75) is 12.4 Å². The Labute approximate surface area is 135 Å². The molecule has 0 aliphatic carbocycles. The van der Waals surface area contributed by atoms with Gasteiger partial charge in [0.25, 0.3) is 5.91 Å². The van der Waals surface area contributed by atoms with Gasteiger partial charge in [0.2, 0.25) is 6.23 Å². The van der Waals surface area contributed by atoms with E-state index in [1.807, 2.05) is 0 Å². The summed E-state index contributed by atoms with van der Waals surface area (Å²) in [6.45, 7) is -1.49. The smallest absolute Gasteiger partial charge is 0.364 e. The van der Waals surface area contributed by atoms with Gasteiger partial charge in [0.05, 0.1) is 11.4 Å². The zero-order valence-corrected chi connectivity index (χ0v) is 12.4. The van der Waals surface area contributed by atoms with Crippen molar-refractivity contribution in [3.05, 3.63) is 65.7 Å². The number of amides is 1. The number of carbonyl (C=O) groups excluding carboxylic acids is 1. The predicted molar refractivity (Wildman–Crippen MR) is 82.9 cm³/mol. The maximum Gasteiger partial charge on any atom is 0.406 e. The molecule has 0 bridgehead atoms. The molecule has 0 radical (unpaired) electrons. The van der Waals surface area contributed by atoms with E-state index in [9.17, 15) is 23.1 Å². The molecule has 4 nitrogen and oxygen atoms in total. The van der Waals surface area contributed by atoms with Gasteiger partial charge in [0.15, 0.2) is 0 Å². The number of rotatable bonds is 2. The van der Waals surface area contributed by atoms with Crippen LogP contribution in [0, 0.1) is 0 Å². The average molecular weight is 334 g/mol. The topological polar surface area (TPSA) is 52.9 Å². The van der Waals surface area contributed by atoms with Gasteiger partial charge in [-0.05, 0) is 6.07 Å². The number of anilines is 1. The summed E-state index contributed by atoms with van der Waals surface area (Å²) in [6, 6.07) is 14.9. The molecule has 124 valence electrons. The number of benzene rings is 2. The van der Waals surface area contributed by atoms with Crippen LogP contribution in [0.25, 0.3) is 0 Å². The number of fused-ring (bicyclic) bond motifs is 1. The van der Waals surface area contributed by atoms with Gasteiger partial charge in [-0.25, -0.2) is 4.99 Å². The van der Waals surface area contributed by atoms with E-state index in [-0.39, 0.29) is 11.4 Å². The van der Waals surface area contributed by atoms with E-state index in [0.29, 0.717) is 16.0 Å². The lowest BCUT2D eigenvalue weighted by atomic mass is 10.0. The highest BCUT2D eigenvalue weighted by Gasteiger charge is 2.38. The molecular formula is C17H13F3N2O2. The molecular weight excluding hydrogens is 321 g/mol. The van der Waals surface area contributed by atoms with Crippen LogP contribution < -0.4 is 4.90 Å². The van der Waals surface area contributed by atoms with Gasteiger partial charge in [-0.15, -0.1) is 0 Å². The molecule has 0 spiro atoms. The fourth-order valence-electron chi connectivity index (χ4n) is 2.58. The summed E-state index contributed by atoms with van der Waals surface area (Å²) in [5.74, 6) is -1.11. The van der Waals surface area contributed by atoms with Gasteiger partial charge in [0, 0.05) is 11.1 Å². The Hall–Kier alpha value is -2.67. The van der Waals surface area contributed by atoms with E-state index in [1.165, 1.54) is 12.1 Å². The first-order valence-corrected chi connectivity index (χ1v) is 7.15. The summed E-state index contributed by atoms with van der Waals surface area (Å²) in [5.41, 5.74) is 1.30. The minimum atomic E-state index is -4.60. The molecule has 1 aliphatic heterocycles. The highest BCUT2D eigenvalue weighted by molar-refractivity contribution is 6.19. The van der Waals surface area contributed by atoms with Crippen LogP contribution in [0.3, 0.4) is 0 Å². The van der Waals surface area contributed by atoms with E-state index < -0.39 is 24.9 Å². The Morgan fingerprint density at radius 1 is 1.04 bits per heavy atom. The maximum atomic E-state index is 12.9. The molecule has 0 aromatic heterocycles. The number of halogens is 3. The van der Waals surface area contributed by atoms with Gasteiger partial charge in [-0.3, -0.25) is 9.69 Å². The Balaban J connectivity index is 2.17. The van der Waals surface area contributed by atoms with E-state index >= 15 is 0 Å². The van der Waals surface area contributed by atoms with Crippen LogP contribution in [0.5, 0.6) is 0 Å². The summed E-state index contributed by atoms with van der Waals surface area (Å²) < 4.78 is 38.6. The van der Waals surface area contributed by atoms with Gasteiger partial charge in [-0.1, -0.05) is 48.5 Å². The average Bonchev–Trinajstić information content (AvgIpc) is 2.65. The minimum Gasteiger partial charge on any atom is -0.364 e. The minimum absolute atomic E-state index is 0.0685. The molecule has 0 saturated carbocycles. The monoisotopic (exact) mass is 334 g/mol. The number of aliphatic hydroxyl groups excluding tert-OH is 1. The van der Waals surface area contributed by atoms with Gasteiger partial charge in [-0.2, -0.15) is 13.2 Å². The Kier molecular flexibility index (Phi) is 4.11. The Bertz CT molecular complexity index is 788.